The Hall–Kier alpha value is -0.130. The predicted octanol–water partition coefficient (Wildman–Crippen LogP) is 2.59. The maximum absolute atomic E-state index is 8.93. The molecular formula is C12H17BrClNO2. The van der Waals surface area contributed by atoms with Gasteiger partial charge in [-0.15, -0.1) is 0 Å². The molecule has 0 amide bonds. The fraction of sp³-hybridized carbons (Fsp3) is 0.500. The van der Waals surface area contributed by atoms with Crippen LogP contribution in [0.15, 0.2) is 22.7 Å². The lowest BCUT2D eigenvalue weighted by Crippen LogP contribution is -2.33. The third-order valence-corrected chi connectivity index (χ3v) is 3.42. The summed E-state index contributed by atoms with van der Waals surface area (Å²) >= 11 is 9.35. The summed E-state index contributed by atoms with van der Waals surface area (Å²) in [6, 6.07) is 5.87. The molecule has 96 valence electrons. The van der Waals surface area contributed by atoms with Gasteiger partial charge in [-0.1, -0.05) is 33.6 Å². The molecule has 1 unspecified atom stereocenters. The highest BCUT2D eigenvalue weighted by molar-refractivity contribution is 9.10. The van der Waals surface area contributed by atoms with Crippen LogP contribution in [0.3, 0.4) is 0 Å². The summed E-state index contributed by atoms with van der Waals surface area (Å²) in [4.78, 5) is 0. The summed E-state index contributed by atoms with van der Waals surface area (Å²) in [5, 5.41) is 13.0. The van der Waals surface area contributed by atoms with Gasteiger partial charge in [-0.05, 0) is 24.1 Å². The molecule has 0 aliphatic carbocycles. The third-order valence-electron chi connectivity index (χ3n) is 2.44. The van der Waals surface area contributed by atoms with Crippen molar-refractivity contribution in [1.29, 1.82) is 0 Å². The first-order chi connectivity index (χ1) is 8.17. The van der Waals surface area contributed by atoms with E-state index in [1.54, 1.807) is 7.11 Å². The molecule has 5 heteroatoms. The normalized spacial score (nSPS) is 12.7. The van der Waals surface area contributed by atoms with Gasteiger partial charge in [0.2, 0.25) is 0 Å². The van der Waals surface area contributed by atoms with Crippen molar-refractivity contribution in [3.63, 3.8) is 0 Å². The molecule has 1 rings (SSSR count). The first-order valence-corrected chi connectivity index (χ1v) is 6.61. The van der Waals surface area contributed by atoms with Crippen LogP contribution in [0.2, 0.25) is 5.02 Å². The average molecular weight is 323 g/mol. The van der Waals surface area contributed by atoms with Gasteiger partial charge < -0.3 is 15.2 Å². The fourth-order valence-corrected chi connectivity index (χ4v) is 2.34. The zero-order valence-corrected chi connectivity index (χ0v) is 12.1. The van der Waals surface area contributed by atoms with Gasteiger partial charge in [0.25, 0.3) is 0 Å². The van der Waals surface area contributed by atoms with E-state index in [-0.39, 0.29) is 12.6 Å². The van der Waals surface area contributed by atoms with E-state index in [1.165, 1.54) is 0 Å². The lowest BCUT2D eigenvalue weighted by molar-refractivity contribution is 0.148. The van der Waals surface area contributed by atoms with Crippen LogP contribution in [0.25, 0.3) is 0 Å². The summed E-state index contributed by atoms with van der Waals surface area (Å²) in [5.74, 6) is 0. The Kier molecular flexibility index (Phi) is 7.08. The topological polar surface area (TPSA) is 41.5 Å². The zero-order chi connectivity index (χ0) is 12.7. The van der Waals surface area contributed by atoms with Gasteiger partial charge in [-0.25, -0.2) is 0 Å². The molecule has 0 aromatic heterocycles. The SMILES string of the molecule is COCC(CCO)NCc1ccc(Cl)cc1Br. The standard InChI is InChI=1S/C12H17BrClNO2/c1-17-8-11(4-5-16)15-7-9-2-3-10(14)6-12(9)13/h2-3,6,11,15-16H,4-5,7-8H2,1H3. The van der Waals surface area contributed by atoms with Crippen molar-refractivity contribution < 1.29 is 9.84 Å². The lowest BCUT2D eigenvalue weighted by atomic mass is 10.2. The number of aliphatic hydroxyl groups is 1. The minimum Gasteiger partial charge on any atom is -0.396 e. The van der Waals surface area contributed by atoms with Gasteiger partial charge in [0.05, 0.1) is 6.61 Å². The molecule has 17 heavy (non-hydrogen) atoms. The molecule has 0 radical (unpaired) electrons. The van der Waals surface area contributed by atoms with Crippen LogP contribution >= 0.6 is 27.5 Å². The second-order valence-electron chi connectivity index (χ2n) is 3.78. The number of hydrogen-bond donors (Lipinski definition) is 2. The summed E-state index contributed by atoms with van der Waals surface area (Å²) in [6.45, 7) is 1.46. The van der Waals surface area contributed by atoms with Crippen molar-refractivity contribution in [3.05, 3.63) is 33.3 Å². The first kappa shape index (κ1) is 14.9. The second-order valence-corrected chi connectivity index (χ2v) is 5.07. The number of aliphatic hydroxyl groups excluding tert-OH is 1. The number of benzene rings is 1. The quantitative estimate of drug-likeness (QED) is 0.811. The van der Waals surface area contributed by atoms with E-state index in [1.807, 2.05) is 18.2 Å². The van der Waals surface area contributed by atoms with Crippen LogP contribution in [0, 0.1) is 0 Å². The minimum atomic E-state index is 0.156. The first-order valence-electron chi connectivity index (χ1n) is 5.44. The van der Waals surface area contributed by atoms with E-state index in [0.29, 0.717) is 24.6 Å². The highest BCUT2D eigenvalue weighted by Gasteiger charge is 2.08. The number of methoxy groups -OCH3 is 1. The lowest BCUT2D eigenvalue weighted by Gasteiger charge is -2.17. The highest BCUT2D eigenvalue weighted by atomic mass is 79.9. The molecular weight excluding hydrogens is 305 g/mol. The third kappa shape index (κ3) is 5.36. The Bertz CT molecular complexity index is 343. The summed E-state index contributed by atoms with van der Waals surface area (Å²) < 4.78 is 6.07. The maximum Gasteiger partial charge on any atom is 0.0616 e. The van der Waals surface area contributed by atoms with Gasteiger partial charge in [-0.3, -0.25) is 0 Å². The summed E-state index contributed by atoms with van der Waals surface area (Å²) in [7, 11) is 1.66. The Morgan fingerprint density at radius 3 is 2.88 bits per heavy atom. The molecule has 0 saturated heterocycles. The van der Waals surface area contributed by atoms with Gasteiger partial charge in [-0.2, -0.15) is 0 Å². The average Bonchev–Trinajstić information content (AvgIpc) is 2.28. The molecule has 0 saturated carbocycles. The molecule has 0 spiro atoms. The van der Waals surface area contributed by atoms with Crippen molar-refractivity contribution in [2.75, 3.05) is 20.3 Å². The van der Waals surface area contributed by atoms with Gasteiger partial charge in [0, 0.05) is 35.8 Å². The van der Waals surface area contributed by atoms with Crippen molar-refractivity contribution >= 4 is 27.5 Å². The number of rotatable bonds is 7. The smallest absolute Gasteiger partial charge is 0.0616 e. The van der Waals surface area contributed by atoms with E-state index in [2.05, 4.69) is 21.2 Å². The van der Waals surface area contributed by atoms with Crippen LogP contribution in [0.4, 0.5) is 0 Å². The molecule has 1 aromatic rings. The molecule has 0 aliphatic heterocycles. The van der Waals surface area contributed by atoms with Gasteiger partial charge in [0.15, 0.2) is 0 Å². The molecule has 0 aliphatic rings. The van der Waals surface area contributed by atoms with Crippen LogP contribution in [0.1, 0.15) is 12.0 Å². The Morgan fingerprint density at radius 2 is 2.29 bits per heavy atom. The molecule has 2 N–H and O–H groups in total. The largest absolute Gasteiger partial charge is 0.396 e. The molecule has 1 atom stereocenters. The number of nitrogens with one attached hydrogen (secondary N) is 1. The van der Waals surface area contributed by atoms with E-state index in [4.69, 9.17) is 21.4 Å². The van der Waals surface area contributed by atoms with Crippen molar-refractivity contribution in [3.8, 4) is 0 Å². The minimum absolute atomic E-state index is 0.156. The predicted molar refractivity (Wildman–Crippen MR) is 73.4 cm³/mol. The van der Waals surface area contributed by atoms with Crippen molar-refractivity contribution in [1.82, 2.24) is 5.32 Å². The number of halogens is 2. The highest BCUT2D eigenvalue weighted by Crippen LogP contribution is 2.21. The van der Waals surface area contributed by atoms with E-state index in [0.717, 1.165) is 10.0 Å². The Labute approximate surface area is 115 Å². The number of hydrogen-bond acceptors (Lipinski definition) is 3. The van der Waals surface area contributed by atoms with Crippen LogP contribution < -0.4 is 5.32 Å². The van der Waals surface area contributed by atoms with Gasteiger partial charge in [0.1, 0.15) is 0 Å². The molecule has 0 heterocycles. The molecule has 0 fully saturated rings. The Balaban J connectivity index is 2.52. The molecule has 1 aromatic carbocycles. The van der Waals surface area contributed by atoms with Crippen molar-refractivity contribution in [2.45, 2.75) is 19.0 Å². The maximum atomic E-state index is 8.93. The zero-order valence-electron chi connectivity index (χ0n) is 9.75. The van der Waals surface area contributed by atoms with E-state index >= 15 is 0 Å². The van der Waals surface area contributed by atoms with Crippen molar-refractivity contribution in [2.24, 2.45) is 0 Å². The monoisotopic (exact) mass is 321 g/mol. The van der Waals surface area contributed by atoms with E-state index < -0.39 is 0 Å². The molecule has 3 nitrogen and oxygen atoms in total. The fourth-order valence-electron chi connectivity index (χ4n) is 1.52. The summed E-state index contributed by atoms with van der Waals surface area (Å²) in [5.41, 5.74) is 1.13. The Morgan fingerprint density at radius 1 is 1.53 bits per heavy atom. The second kappa shape index (κ2) is 8.06. The number of ether oxygens (including phenoxy) is 1. The van der Waals surface area contributed by atoms with Crippen LogP contribution in [0.5, 0.6) is 0 Å². The van der Waals surface area contributed by atoms with E-state index in [9.17, 15) is 0 Å². The van der Waals surface area contributed by atoms with Gasteiger partial charge >= 0.3 is 0 Å². The van der Waals surface area contributed by atoms with Crippen LogP contribution in [-0.2, 0) is 11.3 Å². The summed E-state index contributed by atoms with van der Waals surface area (Å²) in [6.07, 6.45) is 0.680. The van der Waals surface area contributed by atoms with Crippen LogP contribution in [-0.4, -0.2) is 31.5 Å². The molecule has 0 bridgehead atoms.